The van der Waals surface area contributed by atoms with E-state index in [2.05, 4.69) is 26.1 Å². The summed E-state index contributed by atoms with van der Waals surface area (Å²) in [6.07, 6.45) is 11.0. The van der Waals surface area contributed by atoms with E-state index in [0.717, 1.165) is 35.4 Å². The van der Waals surface area contributed by atoms with Crippen LogP contribution < -0.4 is 4.74 Å². The highest BCUT2D eigenvalue weighted by molar-refractivity contribution is 5.87. The van der Waals surface area contributed by atoms with Crippen molar-refractivity contribution in [3.8, 4) is 16.9 Å². The molecule has 9 heteroatoms. The molecule has 1 saturated heterocycles. The van der Waals surface area contributed by atoms with Crippen molar-refractivity contribution in [1.29, 1.82) is 0 Å². The summed E-state index contributed by atoms with van der Waals surface area (Å²) < 4.78 is 43.3. The van der Waals surface area contributed by atoms with Gasteiger partial charge in [0.05, 0.1) is 25.7 Å². The molecule has 2 fully saturated rings. The van der Waals surface area contributed by atoms with Gasteiger partial charge in [0.2, 0.25) is 0 Å². The van der Waals surface area contributed by atoms with Crippen LogP contribution in [0.2, 0.25) is 0 Å². The summed E-state index contributed by atoms with van der Waals surface area (Å²) in [6.45, 7) is 13.7. The van der Waals surface area contributed by atoms with Gasteiger partial charge in [0.15, 0.2) is 0 Å². The van der Waals surface area contributed by atoms with Crippen molar-refractivity contribution in [3.63, 3.8) is 0 Å². The second-order valence-corrected chi connectivity index (χ2v) is 14.2. The van der Waals surface area contributed by atoms with E-state index in [1.165, 1.54) is 38.5 Å². The lowest BCUT2D eigenvalue weighted by Crippen LogP contribution is -2.31. The van der Waals surface area contributed by atoms with Crippen LogP contribution in [0.15, 0.2) is 54.6 Å². The summed E-state index contributed by atoms with van der Waals surface area (Å²) in [6, 6.07) is 9.55. The lowest BCUT2D eigenvalue weighted by molar-refractivity contribution is -0.139. The molecule has 0 bridgehead atoms. The average Bonchev–Trinajstić information content (AvgIpc) is 3.12. The molecule has 1 heterocycles. The number of unbranched alkanes of at least 4 members (excludes halogenated alkanes) is 2. The van der Waals surface area contributed by atoms with Gasteiger partial charge in [0.1, 0.15) is 24.8 Å². The average molecular weight is 707 g/mol. The zero-order valence-electron chi connectivity index (χ0n) is 30.7. The molecule has 0 aromatic heterocycles. The number of esters is 2. The number of halogens is 1. The minimum Gasteiger partial charge on any atom is -0.492 e. The summed E-state index contributed by atoms with van der Waals surface area (Å²) in [7, 11) is 0. The number of ether oxygens (including phenoxy) is 5. The van der Waals surface area contributed by atoms with Crippen LogP contribution in [0.25, 0.3) is 11.1 Å². The summed E-state index contributed by atoms with van der Waals surface area (Å²) in [5, 5.41) is 0. The highest BCUT2D eigenvalue weighted by Crippen LogP contribution is 2.40. The van der Waals surface area contributed by atoms with Gasteiger partial charge in [-0.15, -0.1) is 0 Å². The first-order chi connectivity index (χ1) is 24.5. The smallest absolute Gasteiger partial charge is 0.492 e. The number of benzene rings is 2. The molecule has 0 atom stereocenters. The van der Waals surface area contributed by atoms with Crippen molar-refractivity contribution >= 4 is 18.1 Å². The van der Waals surface area contributed by atoms with Gasteiger partial charge in [-0.25, -0.2) is 18.8 Å². The second kappa shape index (κ2) is 20.0. The Kier molecular flexibility index (Phi) is 15.6. The van der Waals surface area contributed by atoms with Crippen LogP contribution >= 0.6 is 0 Å². The topological polar surface area (TPSA) is 97.4 Å². The van der Waals surface area contributed by atoms with E-state index in [1.807, 2.05) is 18.2 Å². The Hall–Kier alpha value is -4.14. The Balaban J connectivity index is 1.59. The lowest BCUT2D eigenvalue weighted by atomic mass is 9.77. The van der Waals surface area contributed by atoms with E-state index in [9.17, 15) is 14.4 Å². The summed E-state index contributed by atoms with van der Waals surface area (Å²) >= 11 is 0. The zero-order chi connectivity index (χ0) is 36.8. The molecule has 2 aromatic carbocycles. The van der Waals surface area contributed by atoms with E-state index in [-0.39, 0.29) is 44.8 Å². The molecule has 0 unspecified atom stereocenters. The standard InChI is InChI=1S/C42H55FO8/c1-6-7-8-11-30-14-16-32(17-15-30)33-18-19-37(38(43)24-33)36-22-34(12-9-20-47-40(44)28(2)3)39(49-25-31-26-50-42(46)51-27-31)35(23-36)13-10-21-48-41(45)29(4)5/h18-19,22-24,30-32H,2,4,6-17,20-21,25-27H2,1,3,5H3. The number of aryl methyl sites for hydroxylation is 2. The zero-order valence-corrected chi connectivity index (χ0v) is 30.7. The maximum absolute atomic E-state index is 16.1. The predicted molar refractivity (Wildman–Crippen MR) is 195 cm³/mol. The van der Waals surface area contributed by atoms with Gasteiger partial charge in [-0.05, 0) is 118 Å². The predicted octanol–water partition coefficient (Wildman–Crippen LogP) is 9.61. The highest BCUT2D eigenvalue weighted by atomic mass is 19.1. The fourth-order valence-corrected chi connectivity index (χ4v) is 6.81. The minimum absolute atomic E-state index is 0.174. The third-order valence-corrected chi connectivity index (χ3v) is 9.76. The molecule has 0 amide bonds. The quantitative estimate of drug-likeness (QED) is 0.0617. The van der Waals surface area contributed by atoms with Crippen molar-refractivity contribution in [2.24, 2.45) is 11.8 Å². The van der Waals surface area contributed by atoms with Gasteiger partial charge in [0.25, 0.3) is 0 Å². The van der Waals surface area contributed by atoms with Crippen LogP contribution in [-0.2, 0) is 41.4 Å². The van der Waals surface area contributed by atoms with Crippen LogP contribution in [-0.4, -0.2) is 51.1 Å². The summed E-state index contributed by atoms with van der Waals surface area (Å²) in [5.41, 5.74) is 4.56. The van der Waals surface area contributed by atoms with Crippen molar-refractivity contribution in [3.05, 3.63) is 77.1 Å². The largest absolute Gasteiger partial charge is 0.508 e. The molecule has 0 spiro atoms. The van der Waals surface area contributed by atoms with Gasteiger partial charge in [-0.1, -0.05) is 57.9 Å². The van der Waals surface area contributed by atoms with Crippen molar-refractivity contribution in [2.75, 3.05) is 33.0 Å². The van der Waals surface area contributed by atoms with Gasteiger partial charge in [0, 0.05) is 16.7 Å². The van der Waals surface area contributed by atoms with Crippen LogP contribution in [0.3, 0.4) is 0 Å². The summed E-state index contributed by atoms with van der Waals surface area (Å²) in [5.74, 6) is 0.422. The third-order valence-electron chi connectivity index (χ3n) is 9.76. The number of cyclic esters (lactones) is 2. The van der Waals surface area contributed by atoms with Crippen LogP contribution in [0, 0.1) is 17.7 Å². The SMILES string of the molecule is C=C(C)C(=O)OCCCc1cc(-c2ccc(C3CCC(CCCCC)CC3)cc2F)cc(CCCOC(=O)C(=C)C)c1OCC1COC(=O)OC1. The molecule has 8 nitrogen and oxygen atoms in total. The van der Waals surface area contributed by atoms with Gasteiger partial charge in [-0.2, -0.15) is 0 Å². The molecule has 278 valence electrons. The summed E-state index contributed by atoms with van der Waals surface area (Å²) in [4.78, 5) is 35.5. The number of carbonyl (C=O) groups is 3. The number of rotatable bonds is 19. The Morgan fingerprint density at radius 1 is 0.824 bits per heavy atom. The Labute approximate surface area is 302 Å². The van der Waals surface area contributed by atoms with Crippen LogP contribution in [0.5, 0.6) is 5.75 Å². The Bertz CT molecular complexity index is 1460. The normalized spacial score (nSPS) is 17.6. The van der Waals surface area contributed by atoms with Gasteiger partial charge >= 0.3 is 18.1 Å². The molecule has 1 aliphatic carbocycles. The molecule has 1 aliphatic heterocycles. The Morgan fingerprint density at radius 3 is 1.94 bits per heavy atom. The third kappa shape index (κ3) is 12.3. The minimum atomic E-state index is -0.700. The first kappa shape index (κ1) is 39.6. The number of carbonyl (C=O) groups excluding carboxylic acids is 3. The van der Waals surface area contributed by atoms with E-state index in [4.69, 9.17) is 23.7 Å². The first-order valence-electron chi connectivity index (χ1n) is 18.6. The molecular weight excluding hydrogens is 651 g/mol. The van der Waals surface area contributed by atoms with E-state index < -0.39 is 18.1 Å². The van der Waals surface area contributed by atoms with Crippen LogP contribution in [0.1, 0.15) is 108 Å². The second-order valence-electron chi connectivity index (χ2n) is 14.2. The fraction of sp³-hybridized carbons (Fsp3) is 0.548. The van der Waals surface area contributed by atoms with Gasteiger partial charge in [-0.3, -0.25) is 0 Å². The first-order valence-corrected chi connectivity index (χ1v) is 18.6. The Morgan fingerprint density at radius 2 is 1.41 bits per heavy atom. The molecule has 4 rings (SSSR count). The maximum Gasteiger partial charge on any atom is 0.508 e. The molecule has 0 N–H and O–H groups in total. The molecule has 51 heavy (non-hydrogen) atoms. The highest BCUT2D eigenvalue weighted by Gasteiger charge is 2.25. The van der Waals surface area contributed by atoms with E-state index >= 15 is 4.39 Å². The lowest BCUT2D eigenvalue weighted by Gasteiger charge is -2.29. The maximum atomic E-state index is 16.1. The van der Waals surface area contributed by atoms with Crippen LogP contribution in [0.4, 0.5) is 9.18 Å². The fourth-order valence-electron chi connectivity index (χ4n) is 6.81. The number of hydrogen-bond donors (Lipinski definition) is 0. The monoisotopic (exact) mass is 706 g/mol. The van der Waals surface area contributed by atoms with Crippen molar-refractivity contribution in [2.45, 2.75) is 104 Å². The molecule has 2 aliphatic rings. The van der Waals surface area contributed by atoms with Crippen molar-refractivity contribution in [1.82, 2.24) is 0 Å². The molecule has 0 radical (unpaired) electrons. The van der Waals surface area contributed by atoms with E-state index in [1.54, 1.807) is 19.9 Å². The molecule has 2 aromatic rings. The van der Waals surface area contributed by atoms with E-state index in [0.29, 0.717) is 59.6 Å². The number of hydrogen-bond acceptors (Lipinski definition) is 8. The van der Waals surface area contributed by atoms with Gasteiger partial charge < -0.3 is 23.7 Å². The molecule has 1 saturated carbocycles. The molecular formula is C42H55FO8. The van der Waals surface area contributed by atoms with Crippen molar-refractivity contribution < 1.29 is 42.5 Å².